The minimum atomic E-state index is 0. The van der Waals surface area contributed by atoms with E-state index in [1.54, 1.807) is 6.07 Å². The van der Waals surface area contributed by atoms with Crippen molar-refractivity contribution < 1.29 is 24.6 Å². The van der Waals surface area contributed by atoms with Crippen LogP contribution in [0.5, 0.6) is 5.75 Å². The number of rotatable bonds is 0. The number of aryl methyl sites for hydroxylation is 1. The second kappa shape index (κ2) is 3.84. The molecular formula is C10H9NOZn. The Hall–Kier alpha value is -0.947. The van der Waals surface area contributed by atoms with Gasteiger partial charge in [0.05, 0.1) is 0 Å². The number of aromatic nitrogens is 1. The molecule has 3 heteroatoms. The summed E-state index contributed by atoms with van der Waals surface area (Å²) in [5, 5.41) is 10.4. The molecule has 0 aliphatic carbocycles. The van der Waals surface area contributed by atoms with Crippen LogP contribution in [0.4, 0.5) is 0 Å². The van der Waals surface area contributed by atoms with Crippen LogP contribution in [0.15, 0.2) is 30.3 Å². The monoisotopic (exact) mass is 223 g/mol. The summed E-state index contributed by atoms with van der Waals surface area (Å²) in [7, 11) is 0. The average molecular weight is 225 g/mol. The molecule has 62 valence electrons. The number of phenols is 1. The minimum absolute atomic E-state index is 0. The van der Waals surface area contributed by atoms with E-state index in [1.165, 1.54) is 0 Å². The van der Waals surface area contributed by atoms with Gasteiger partial charge in [-0.25, -0.2) is 4.98 Å². The van der Waals surface area contributed by atoms with Crippen LogP contribution in [0.2, 0.25) is 0 Å². The molecule has 0 unspecified atom stereocenters. The van der Waals surface area contributed by atoms with E-state index in [0.29, 0.717) is 5.52 Å². The fourth-order valence-corrected chi connectivity index (χ4v) is 1.23. The van der Waals surface area contributed by atoms with Crippen molar-refractivity contribution in [3.63, 3.8) is 0 Å². The Labute approximate surface area is 89.4 Å². The number of aromatic hydroxyl groups is 1. The molecule has 1 aromatic carbocycles. The van der Waals surface area contributed by atoms with Crippen LogP contribution in [0.3, 0.4) is 0 Å². The number of pyridine rings is 1. The number of phenolic OH excluding ortho intramolecular Hbond substituents is 1. The molecular weight excluding hydrogens is 216 g/mol. The van der Waals surface area contributed by atoms with Crippen molar-refractivity contribution in [1.29, 1.82) is 0 Å². The predicted octanol–water partition coefficient (Wildman–Crippen LogP) is 2.25. The van der Waals surface area contributed by atoms with Crippen LogP contribution >= 0.6 is 0 Å². The Morgan fingerprint density at radius 2 is 1.92 bits per heavy atom. The van der Waals surface area contributed by atoms with E-state index < -0.39 is 0 Å². The van der Waals surface area contributed by atoms with Gasteiger partial charge in [-0.2, -0.15) is 0 Å². The van der Waals surface area contributed by atoms with Crippen molar-refractivity contribution in [2.45, 2.75) is 6.92 Å². The number of benzene rings is 1. The van der Waals surface area contributed by atoms with E-state index in [4.69, 9.17) is 0 Å². The van der Waals surface area contributed by atoms with E-state index >= 15 is 0 Å². The molecule has 13 heavy (non-hydrogen) atoms. The second-order valence-electron chi connectivity index (χ2n) is 2.80. The van der Waals surface area contributed by atoms with Gasteiger partial charge in [-0.3, -0.25) is 0 Å². The maximum absolute atomic E-state index is 9.43. The first-order valence-corrected chi connectivity index (χ1v) is 3.83. The summed E-state index contributed by atoms with van der Waals surface area (Å²) >= 11 is 0. The van der Waals surface area contributed by atoms with Gasteiger partial charge in [-0.1, -0.05) is 18.2 Å². The molecule has 1 heterocycles. The third-order valence-corrected chi connectivity index (χ3v) is 1.84. The molecule has 0 bridgehead atoms. The van der Waals surface area contributed by atoms with E-state index in [0.717, 1.165) is 11.1 Å². The van der Waals surface area contributed by atoms with Gasteiger partial charge in [-0.15, -0.1) is 0 Å². The number of nitrogens with zero attached hydrogens (tertiary/aromatic N) is 1. The Morgan fingerprint density at radius 3 is 2.69 bits per heavy atom. The van der Waals surface area contributed by atoms with Crippen LogP contribution in [0, 0.1) is 6.92 Å². The summed E-state index contributed by atoms with van der Waals surface area (Å²) in [6.07, 6.45) is 0. The van der Waals surface area contributed by atoms with Gasteiger partial charge in [0.2, 0.25) is 0 Å². The summed E-state index contributed by atoms with van der Waals surface area (Å²) in [6.45, 7) is 1.91. The molecule has 1 N–H and O–H groups in total. The molecule has 0 aliphatic heterocycles. The molecule has 0 fully saturated rings. The maximum atomic E-state index is 9.43. The standard InChI is InChI=1S/C10H9NO.Zn/c1-7-5-6-8-3-2-4-9(12)10(8)11-7;/h2-6,12H,1H3;. The van der Waals surface area contributed by atoms with Gasteiger partial charge in [-0.05, 0) is 19.1 Å². The number of hydrogen-bond acceptors (Lipinski definition) is 2. The topological polar surface area (TPSA) is 33.1 Å². The first-order valence-electron chi connectivity index (χ1n) is 3.83. The van der Waals surface area contributed by atoms with Crippen molar-refractivity contribution in [2.24, 2.45) is 0 Å². The summed E-state index contributed by atoms with van der Waals surface area (Å²) in [5.41, 5.74) is 1.60. The SMILES string of the molecule is Cc1ccc2cccc(O)c2n1.[Zn]. The van der Waals surface area contributed by atoms with Crippen LogP contribution in [-0.4, -0.2) is 10.1 Å². The number of hydrogen-bond donors (Lipinski definition) is 1. The maximum Gasteiger partial charge on any atom is 0.141 e. The summed E-state index contributed by atoms with van der Waals surface area (Å²) < 4.78 is 0. The Balaban J connectivity index is 0.000000845. The van der Waals surface area contributed by atoms with Gasteiger partial charge >= 0.3 is 0 Å². The van der Waals surface area contributed by atoms with E-state index in [1.807, 2.05) is 31.2 Å². The van der Waals surface area contributed by atoms with Crippen molar-refractivity contribution in [3.05, 3.63) is 36.0 Å². The van der Waals surface area contributed by atoms with Gasteiger partial charge in [0.25, 0.3) is 0 Å². The largest absolute Gasteiger partial charge is 0.506 e. The molecule has 0 saturated heterocycles. The zero-order chi connectivity index (χ0) is 8.55. The second-order valence-corrected chi connectivity index (χ2v) is 2.80. The van der Waals surface area contributed by atoms with Gasteiger partial charge < -0.3 is 5.11 Å². The molecule has 0 amide bonds. The zero-order valence-corrected chi connectivity index (χ0v) is 10.5. The van der Waals surface area contributed by atoms with Crippen LogP contribution in [-0.2, 0) is 19.5 Å². The summed E-state index contributed by atoms with van der Waals surface area (Å²) in [4.78, 5) is 4.23. The van der Waals surface area contributed by atoms with Gasteiger partial charge in [0, 0.05) is 30.6 Å². The van der Waals surface area contributed by atoms with Crippen LogP contribution in [0.1, 0.15) is 5.69 Å². The van der Waals surface area contributed by atoms with Crippen molar-refractivity contribution in [3.8, 4) is 5.75 Å². The molecule has 2 nitrogen and oxygen atoms in total. The summed E-state index contributed by atoms with van der Waals surface area (Å²) in [5.74, 6) is 0.246. The molecule has 0 atom stereocenters. The Morgan fingerprint density at radius 1 is 1.15 bits per heavy atom. The van der Waals surface area contributed by atoms with Crippen LogP contribution < -0.4 is 0 Å². The van der Waals surface area contributed by atoms with E-state index in [9.17, 15) is 5.11 Å². The molecule has 2 aromatic rings. The van der Waals surface area contributed by atoms with Gasteiger partial charge in [0.1, 0.15) is 11.3 Å². The number of fused-ring (bicyclic) bond motifs is 1. The van der Waals surface area contributed by atoms with E-state index in [-0.39, 0.29) is 25.2 Å². The molecule has 2 rings (SSSR count). The molecule has 1 aromatic heterocycles. The number of para-hydroxylation sites is 1. The van der Waals surface area contributed by atoms with Crippen molar-refractivity contribution >= 4 is 10.9 Å². The first kappa shape index (κ1) is 10.1. The fourth-order valence-electron chi connectivity index (χ4n) is 1.23. The molecule has 0 radical (unpaired) electrons. The average Bonchev–Trinajstić information content (AvgIpc) is 2.07. The summed E-state index contributed by atoms with van der Waals surface area (Å²) in [6, 6.07) is 9.28. The third kappa shape index (κ3) is 1.86. The molecule has 0 spiro atoms. The Bertz CT molecular complexity index is 428. The molecule has 0 saturated carbocycles. The predicted molar refractivity (Wildman–Crippen MR) is 48.1 cm³/mol. The van der Waals surface area contributed by atoms with E-state index in [2.05, 4.69) is 4.98 Å². The fraction of sp³-hybridized carbons (Fsp3) is 0.100. The van der Waals surface area contributed by atoms with Gasteiger partial charge in [0.15, 0.2) is 0 Å². The smallest absolute Gasteiger partial charge is 0.141 e. The quantitative estimate of drug-likeness (QED) is 0.697. The minimum Gasteiger partial charge on any atom is -0.506 e. The van der Waals surface area contributed by atoms with Crippen molar-refractivity contribution in [2.75, 3.05) is 0 Å². The van der Waals surface area contributed by atoms with Crippen molar-refractivity contribution in [1.82, 2.24) is 4.98 Å². The van der Waals surface area contributed by atoms with Crippen LogP contribution in [0.25, 0.3) is 10.9 Å². The first-order chi connectivity index (χ1) is 5.77. The third-order valence-electron chi connectivity index (χ3n) is 1.84. The zero-order valence-electron chi connectivity index (χ0n) is 7.49. The Kier molecular flexibility index (Phi) is 3.00. The molecule has 0 aliphatic rings. The normalized spacial score (nSPS) is 9.62.